The van der Waals surface area contributed by atoms with E-state index in [1.54, 1.807) is 13.8 Å². The van der Waals surface area contributed by atoms with Gasteiger partial charge in [-0.1, -0.05) is 5.16 Å². The van der Waals surface area contributed by atoms with Gasteiger partial charge < -0.3 is 25.7 Å². The zero-order chi connectivity index (χ0) is 29.2. The number of hydrogen-bond donors (Lipinski definition) is 3. The van der Waals surface area contributed by atoms with Gasteiger partial charge in [-0.15, -0.1) is 11.3 Å². The Balaban J connectivity index is 2.15. The second kappa shape index (κ2) is 11.2. The van der Waals surface area contributed by atoms with Crippen LogP contribution in [-0.2, 0) is 43.2 Å². The monoisotopic (exact) mass is 577 g/mol. The minimum Gasteiger partial charge on any atom is -0.478 e. The maximum Gasteiger partial charge on any atom is 0.365 e. The number of esters is 1. The summed E-state index contributed by atoms with van der Waals surface area (Å²) in [5.74, 6) is -4.03. The lowest BCUT2D eigenvalue weighted by atomic mass is 9.95. The van der Waals surface area contributed by atoms with Crippen LogP contribution in [0.2, 0.25) is 0 Å². The topological polar surface area (TPSA) is 217 Å². The van der Waals surface area contributed by atoms with Gasteiger partial charge in [-0.05, 0) is 48.5 Å². The molecule has 1 aromatic heterocycles. The van der Waals surface area contributed by atoms with E-state index in [4.69, 9.17) is 19.5 Å². The number of oxime groups is 1. The Morgan fingerprint density at radius 3 is 2.37 bits per heavy atom. The lowest BCUT2D eigenvalue weighted by molar-refractivity contribution is -0.161. The van der Waals surface area contributed by atoms with Gasteiger partial charge in [0.05, 0.1) is 24.2 Å². The van der Waals surface area contributed by atoms with E-state index in [0.717, 1.165) is 11.3 Å². The van der Waals surface area contributed by atoms with Crippen LogP contribution in [0, 0.1) is 5.41 Å². The number of β-lactam (4-membered cyclic amide) rings is 1. The van der Waals surface area contributed by atoms with Crippen LogP contribution in [0.5, 0.6) is 0 Å². The van der Waals surface area contributed by atoms with Gasteiger partial charge in [-0.2, -0.15) is 8.42 Å². The van der Waals surface area contributed by atoms with E-state index in [-0.39, 0.29) is 10.8 Å². The van der Waals surface area contributed by atoms with Crippen LogP contribution >= 0.6 is 11.3 Å². The largest absolute Gasteiger partial charge is 0.478 e. The Labute approximate surface area is 223 Å². The van der Waals surface area contributed by atoms with Gasteiger partial charge >= 0.3 is 22.2 Å². The molecule has 1 saturated heterocycles. The number of aromatic nitrogens is 1. The maximum absolute atomic E-state index is 13.0. The molecule has 0 bridgehead atoms. The number of ether oxygens (including phenoxy) is 1. The van der Waals surface area contributed by atoms with Gasteiger partial charge in [0.1, 0.15) is 11.7 Å². The number of anilines is 1. The molecule has 0 radical (unpaired) electrons. The van der Waals surface area contributed by atoms with Crippen LogP contribution in [0.4, 0.5) is 5.13 Å². The highest BCUT2D eigenvalue weighted by Gasteiger charge is 2.53. The molecule has 2 heterocycles. The second-order valence-corrected chi connectivity index (χ2v) is 12.2. The van der Waals surface area contributed by atoms with Gasteiger partial charge in [0.25, 0.3) is 11.8 Å². The van der Waals surface area contributed by atoms with E-state index in [0.29, 0.717) is 4.31 Å². The average molecular weight is 578 g/mol. The van der Waals surface area contributed by atoms with Crippen molar-refractivity contribution >= 4 is 56.2 Å². The van der Waals surface area contributed by atoms with Gasteiger partial charge in [-0.25, -0.2) is 14.1 Å². The highest BCUT2D eigenvalue weighted by Crippen LogP contribution is 2.28. The number of nitrogens with two attached hydrogens (primary N) is 1. The molecular weight excluding hydrogens is 546 g/mol. The van der Waals surface area contributed by atoms with Gasteiger partial charge in [0.15, 0.2) is 10.8 Å². The van der Waals surface area contributed by atoms with Crippen LogP contribution in [0.15, 0.2) is 10.5 Å². The molecule has 0 aromatic carbocycles. The van der Waals surface area contributed by atoms with Crippen LogP contribution in [0.25, 0.3) is 0 Å². The van der Waals surface area contributed by atoms with Crippen molar-refractivity contribution in [1.82, 2.24) is 14.6 Å². The Kier molecular flexibility index (Phi) is 9.11. The number of amides is 2. The third-order valence-corrected chi connectivity index (χ3v) is 7.27. The minimum absolute atomic E-state index is 0.0473. The molecule has 17 heteroatoms. The molecule has 2 amide bonds. The molecule has 1 fully saturated rings. The predicted octanol–water partition coefficient (Wildman–Crippen LogP) is 0.264. The third-order valence-electron chi connectivity index (χ3n) is 5.19. The number of carbonyl (C=O) groups excluding carboxylic acids is 3. The minimum atomic E-state index is -4.62. The van der Waals surface area contributed by atoms with Crippen molar-refractivity contribution in [3.05, 3.63) is 11.1 Å². The standard InChI is InChI=1S/C21H31N5O10S2/c1-10(2)35-18(31)20(4,5)9-34-38(32,33)26-11(3)13(16(26)28)24-15(27)14(12-8-37-19(22)23-12)25-36-21(6,7)17(29)30/h8,10-11,13H,9H2,1-7H3,(H2,22,23)(H,24,27)(H,29,30)/b25-14+/t11-,13-/m0/s1. The van der Waals surface area contributed by atoms with E-state index in [1.165, 1.54) is 40.0 Å². The van der Waals surface area contributed by atoms with Crippen molar-refractivity contribution in [3.8, 4) is 0 Å². The SMILES string of the molecule is CC(C)OC(=O)C(C)(C)COS(=O)(=O)N1C(=O)[C@@H](NC(=O)/C(=N/OC(C)(C)C(=O)O)c2csc(N)n2)[C@@H]1C. The molecular formula is C21H31N5O10S2. The van der Waals surface area contributed by atoms with E-state index >= 15 is 0 Å². The number of rotatable bonds is 12. The smallest absolute Gasteiger partial charge is 0.365 e. The van der Waals surface area contributed by atoms with Crippen LogP contribution < -0.4 is 11.1 Å². The number of carboxylic acid groups (broad SMARTS) is 1. The normalized spacial score (nSPS) is 18.7. The number of carboxylic acids is 1. The van der Waals surface area contributed by atoms with Crippen molar-refractivity contribution in [2.75, 3.05) is 12.3 Å². The first kappa shape index (κ1) is 30.9. The summed E-state index contributed by atoms with van der Waals surface area (Å²) in [6.45, 7) is 9.30. The lowest BCUT2D eigenvalue weighted by Crippen LogP contribution is -2.71. The number of thiazole rings is 1. The van der Waals surface area contributed by atoms with Gasteiger partial charge in [-0.3, -0.25) is 18.6 Å². The van der Waals surface area contributed by atoms with Crippen LogP contribution in [0.3, 0.4) is 0 Å². The number of nitrogen functional groups attached to an aromatic ring is 1. The Morgan fingerprint density at radius 1 is 1.29 bits per heavy atom. The summed E-state index contributed by atoms with van der Waals surface area (Å²) in [5, 5.41) is 16.6. The molecule has 4 N–H and O–H groups in total. The fourth-order valence-corrected chi connectivity index (χ4v) is 4.78. The highest BCUT2D eigenvalue weighted by atomic mass is 32.2. The van der Waals surface area contributed by atoms with Crippen molar-refractivity contribution in [2.45, 2.75) is 72.3 Å². The summed E-state index contributed by atoms with van der Waals surface area (Å²) >= 11 is 0.976. The molecule has 0 aliphatic carbocycles. The number of carbonyl (C=O) groups is 4. The zero-order valence-electron chi connectivity index (χ0n) is 21.9. The molecule has 0 saturated carbocycles. The first-order valence-electron chi connectivity index (χ1n) is 11.3. The Bertz CT molecular complexity index is 1240. The summed E-state index contributed by atoms with van der Waals surface area (Å²) in [5.41, 5.74) is 1.96. The lowest BCUT2D eigenvalue weighted by Gasteiger charge is -2.43. The number of aliphatic carboxylic acids is 1. The summed E-state index contributed by atoms with van der Waals surface area (Å²) in [6, 6.07) is -2.37. The second-order valence-electron chi connectivity index (χ2n) is 9.80. The first-order valence-corrected chi connectivity index (χ1v) is 13.5. The quantitative estimate of drug-likeness (QED) is 0.132. The predicted molar refractivity (Wildman–Crippen MR) is 134 cm³/mol. The number of nitrogens with zero attached hydrogens (tertiary/aromatic N) is 3. The van der Waals surface area contributed by atoms with Crippen LogP contribution in [0.1, 0.15) is 54.2 Å². The summed E-state index contributed by atoms with van der Waals surface area (Å²) in [4.78, 5) is 58.1. The number of nitrogens with one attached hydrogen (secondary N) is 1. The van der Waals surface area contributed by atoms with E-state index in [2.05, 4.69) is 15.5 Å². The summed E-state index contributed by atoms with van der Waals surface area (Å²) in [6.07, 6.45) is -0.422. The van der Waals surface area contributed by atoms with Gasteiger partial charge in [0, 0.05) is 5.38 Å². The third kappa shape index (κ3) is 6.96. The molecule has 38 heavy (non-hydrogen) atoms. The molecule has 0 spiro atoms. The molecule has 0 unspecified atom stereocenters. The fraction of sp³-hybridized carbons (Fsp3) is 0.619. The van der Waals surface area contributed by atoms with Crippen molar-refractivity contribution < 1.29 is 46.5 Å². The Morgan fingerprint density at radius 2 is 1.89 bits per heavy atom. The Hall–Kier alpha value is -3.31. The fourth-order valence-electron chi connectivity index (χ4n) is 2.81. The maximum atomic E-state index is 13.0. The van der Waals surface area contributed by atoms with E-state index in [9.17, 15) is 32.7 Å². The van der Waals surface area contributed by atoms with Crippen molar-refractivity contribution in [3.63, 3.8) is 0 Å². The first-order chi connectivity index (χ1) is 17.3. The summed E-state index contributed by atoms with van der Waals surface area (Å²) in [7, 11) is -4.62. The van der Waals surface area contributed by atoms with Crippen LogP contribution in [-0.4, -0.2) is 82.7 Å². The molecule has 15 nitrogen and oxygen atoms in total. The van der Waals surface area contributed by atoms with Gasteiger partial charge in [0.2, 0.25) is 5.60 Å². The van der Waals surface area contributed by atoms with Crippen molar-refractivity contribution in [1.29, 1.82) is 0 Å². The molecule has 1 aliphatic rings. The highest BCUT2D eigenvalue weighted by molar-refractivity contribution is 7.85. The molecule has 1 aromatic rings. The average Bonchev–Trinajstić information content (AvgIpc) is 3.21. The number of hydrogen-bond acceptors (Lipinski definition) is 13. The molecule has 2 rings (SSSR count). The zero-order valence-corrected chi connectivity index (χ0v) is 23.5. The molecule has 1 aliphatic heterocycles. The van der Waals surface area contributed by atoms with E-state index < -0.39 is 75.6 Å². The molecule has 212 valence electrons. The van der Waals surface area contributed by atoms with E-state index in [1.807, 2.05) is 0 Å². The van der Waals surface area contributed by atoms with Crippen molar-refractivity contribution in [2.24, 2.45) is 10.6 Å². The molecule has 2 atom stereocenters. The summed E-state index contributed by atoms with van der Waals surface area (Å²) < 4.78 is 35.9.